The lowest BCUT2D eigenvalue weighted by Crippen LogP contribution is -2.35. The molecule has 5 nitrogen and oxygen atoms in total. The number of ether oxygens (including phenoxy) is 1. The van der Waals surface area contributed by atoms with Gasteiger partial charge in [-0.2, -0.15) is 0 Å². The Bertz CT molecular complexity index is 498. The van der Waals surface area contributed by atoms with Crippen molar-refractivity contribution in [1.82, 2.24) is 5.32 Å². The second-order valence-electron chi connectivity index (χ2n) is 5.44. The standard InChI is InChI=1S/C15H21N3O2/c1-18-8-7-12-13(5-2-6-14(12)18)17-15(19)16-10-11-4-3-9-20-11/h2,5-6,11H,3-4,7-10H2,1H3,(H2,16,17,19). The van der Waals surface area contributed by atoms with E-state index in [4.69, 9.17) is 4.74 Å². The van der Waals surface area contributed by atoms with Crippen LogP contribution in [0.15, 0.2) is 18.2 Å². The van der Waals surface area contributed by atoms with Crippen molar-refractivity contribution in [3.63, 3.8) is 0 Å². The highest BCUT2D eigenvalue weighted by Crippen LogP contribution is 2.32. The molecule has 3 rings (SSSR count). The molecule has 1 unspecified atom stereocenters. The van der Waals surface area contributed by atoms with E-state index in [-0.39, 0.29) is 12.1 Å². The minimum absolute atomic E-state index is 0.150. The lowest BCUT2D eigenvalue weighted by Gasteiger charge is -2.15. The van der Waals surface area contributed by atoms with Crippen molar-refractivity contribution < 1.29 is 9.53 Å². The van der Waals surface area contributed by atoms with E-state index < -0.39 is 0 Å². The van der Waals surface area contributed by atoms with Crippen LogP contribution < -0.4 is 15.5 Å². The van der Waals surface area contributed by atoms with Gasteiger partial charge in [0.15, 0.2) is 0 Å². The molecule has 2 aliphatic rings. The number of hydrogen-bond acceptors (Lipinski definition) is 3. The van der Waals surface area contributed by atoms with Crippen molar-refractivity contribution in [1.29, 1.82) is 0 Å². The van der Waals surface area contributed by atoms with Crippen LogP contribution in [-0.2, 0) is 11.2 Å². The molecular weight excluding hydrogens is 254 g/mol. The molecule has 1 fully saturated rings. The monoisotopic (exact) mass is 275 g/mol. The minimum atomic E-state index is -0.150. The normalized spacial score (nSPS) is 20.9. The quantitative estimate of drug-likeness (QED) is 0.887. The highest BCUT2D eigenvalue weighted by Gasteiger charge is 2.20. The second-order valence-corrected chi connectivity index (χ2v) is 5.44. The molecule has 2 N–H and O–H groups in total. The minimum Gasteiger partial charge on any atom is -0.376 e. The van der Waals surface area contributed by atoms with Gasteiger partial charge in [0.1, 0.15) is 0 Å². The maximum atomic E-state index is 12.0. The summed E-state index contributed by atoms with van der Waals surface area (Å²) >= 11 is 0. The summed E-state index contributed by atoms with van der Waals surface area (Å²) in [7, 11) is 2.08. The number of carbonyl (C=O) groups is 1. The molecule has 5 heteroatoms. The SMILES string of the molecule is CN1CCc2c(NC(=O)NCC3CCCO3)cccc21. The molecule has 0 radical (unpaired) electrons. The van der Waals surface area contributed by atoms with Gasteiger partial charge in [-0.05, 0) is 31.4 Å². The Morgan fingerprint density at radius 1 is 1.50 bits per heavy atom. The van der Waals surface area contributed by atoms with E-state index in [2.05, 4.69) is 28.6 Å². The van der Waals surface area contributed by atoms with Crippen molar-refractivity contribution >= 4 is 17.4 Å². The first-order valence-electron chi connectivity index (χ1n) is 7.23. The molecule has 1 aromatic carbocycles. The predicted molar refractivity (Wildman–Crippen MR) is 79.4 cm³/mol. The van der Waals surface area contributed by atoms with Gasteiger partial charge in [0.25, 0.3) is 0 Å². The molecule has 1 atom stereocenters. The molecule has 0 bridgehead atoms. The van der Waals surface area contributed by atoms with Gasteiger partial charge >= 0.3 is 6.03 Å². The summed E-state index contributed by atoms with van der Waals surface area (Å²) in [5, 5.41) is 5.84. The number of nitrogens with one attached hydrogen (secondary N) is 2. The highest BCUT2D eigenvalue weighted by molar-refractivity contribution is 5.91. The first-order valence-corrected chi connectivity index (χ1v) is 7.23. The zero-order valence-corrected chi connectivity index (χ0v) is 11.8. The van der Waals surface area contributed by atoms with Crippen LogP contribution in [0.25, 0.3) is 0 Å². The fourth-order valence-electron chi connectivity index (χ4n) is 2.89. The molecule has 1 saturated heterocycles. The number of fused-ring (bicyclic) bond motifs is 1. The van der Waals surface area contributed by atoms with Crippen LogP contribution in [0.5, 0.6) is 0 Å². The number of amides is 2. The van der Waals surface area contributed by atoms with Crippen molar-refractivity contribution in [2.24, 2.45) is 0 Å². The summed E-state index contributed by atoms with van der Waals surface area (Å²) in [6, 6.07) is 5.89. The van der Waals surface area contributed by atoms with Crippen molar-refractivity contribution in [2.75, 3.05) is 37.0 Å². The number of urea groups is 1. The Labute approximate surface area is 119 Å². The third kappa shape index (κ3) is 2.72. The van der Waals surface area contributed by atoms with E-state index in [0.717, 1.165) is 38.1 Å². The van der Waals surface area contributed by atoms with E-state index in [1.54, 1.807) is 0 Å². The number of carbonyl (C=O) groups excluding carboxylic acids is 1. The Balaban J connectivity index is 1.59. The lowest BCUT2D eigenvalue weighted by molar-refractivity contribution is 0.112. The van der Waals surface area contributed by atoms with Crippen molar-refractivity contribution in [3.8, 4) is 0 Å². The Morgan fingerprint density at radius 3 is 3.20 bits per heavy atom. The van der Waals surface area contributed by atoms with Crippen molar-refractivity contribution in [3.05, 3.63) is 23.8 Å². The maximum absolute atomic E-state index is 12.0. The first-order chi connectivity index (χ1) is 9.74. The smallest absolute Gasteiger partial charge is 0.319 e. The summed E-state index contributed by atoms with van der Waals surface area (Å²) in [4.78, 5) is 14.2. The van der Waals surface area contributed by atoms with E-state index in [0.29, 0.717) is 6.54 Å². The van der Waals surface area contributed by atoms with Gasteiger partial charge in [-0.3, -0.25) is 0 Å². The summed E-state index contributed by atoms with van der Waals surface area (Å²) < 4.78 is 5.49. The Kier molecular flexibility index (Phi) is 3.78. The van der Waals surface area contributed by atoms with Crippen LogP contribution in [-0.4, -0.2) is 38.9 Å². The lowest BCUT2D eigenvalue weighted by atomic mass is 10.1. The molecule has 1 aromatic rings. The van der Waals surface area contributed by atoms with E-state index in [1.807, 2.05) is 12.1 Å². The van der Waals surface area contributed by atoms with Crippen LogP contribution >= 0.6 is 0 Å². The summed E-state index contributed by atoms with van der Waals surface area (Å²) in [6.45, 7) is 2.40. The fourth-order valence-corrected chi connectivity index (χ4v) is 2.89. The molecule has 2 aliphatic heterocycles. The molecule has 2 heterocycles. The number of anilines is 2. The van der Waals surface area contributed by atoms with Crippen LogP contribution in [0.3, 0.4) is 0 Å². The first kappa shape index (κ1) is 13.2. The topological polar surface area (TPSA) is 53.6 Å². The largest absolute Gasteiger partial charge is 0.376 e. The number of likely N-dealkylation sites (N-methyl/N-ethyl adjacent to an activating group) is 1. The fraction of sp³-hybridized carbons (Fsp3) is 0.533. The maximum Gasteiger partial charge on any atom is 0.319 e. The highest BCUT2D eigenvalue weighted by atomic mass is 16.5. The zero-order chi connectivity index (χ0) is 13.9. The van der Waals surface area contributed by atoms with Gasteiger partial charge in [0.05, 0.1) is 6.10 Å². The summed E-state index contributed by atoms with van der Waals surface area (Å²) in [5.74, 6) is 0. The number of rotatable bonds is 3. The molecule has 20 heavy (non-hydrogen) atoms. The molecular formula is C15H21N3O2. The zero-order valence-electron chi connectivity index (χ0n) is 11.8. The number of hydrogen-bond donors (Lipinski definition) is 2. The average molecular weight is 275 g/mol. The molecule has 0 aromatic heterocycles. The third-order valence-corrected chi connectivity index (χ3v) is 4.02. The Hall–Kier alpha value is -1.75. The van der Waals surface area contributed by atoms with Crippen LogP contribution in [0, 0.1) is 0 Å². The molecule has 0 spiro atoms. The van der Waals surface area contributed by atoms with E-state index in [1.165, 1.54) is 11.3 Å². The number of benzene rings is 1. The van der Waals surface area contributed by atoms with Crippen molar-refractivity contribution in [2.45, 2.75) is 25.4 Å². The van der Waals surface area contributed by atoms with Gasteiger partial charge in [-0.1, -0.05) is 6.07 Å². The molecule has 0 saturated carbocycles. The van der Waals surface area contributed by atoms with Gasteiger partial charge in [-0.15, -0.1) is 0 Å². The molecule has 0 aliphatic carbocycles. The second kappa shape index (κ2) is 5.71. The third-order valence-electron chi connectivity index (χ3n) is 4.02. The van der Waals surface area contributed by atoms with Crippen LogP contribution in [0.4, 0.5) is 16.2 Å². The van der Waals surface area contributed by atoms with Gasteiger partial charge < -0.3 is 20.3 Å². The van der Waals surface area contributed by atoms with Crippen LogP contribution in [0.1, 0.15) is 18.4 Å². The van der Waals surface area contributed by atoms with Crippen LogP contribution in [0.2, 0.25) is 0 Å². The Morgan fingerprint density at radius 2 is 2.40 bits per heavy atom. The van der Waals surface area contributed by atoms with E-state index >= 15 is 0 Å². The van der Waals surface area contributed by atoms with Gasteiger partial charge in [0.2, 0.25) is 0 Å². The van der Waals surface area contributed by atoms with E-state index in [9.17, 15) is 4.79 Å². The molecule has 2 amide bonds. The summed E-state index contributed by atoms with van der Waals surface area (Å²) in [6.07, 6.45) is 3.28. The number of nitrogens with zero attached hydrogens (tertiary/aromatic N) is 1. The van der Waals surface area contributed by atoms with Gasteiger partial charge in [-0.25, -0.2) is 4.79 Å². The molecule has 108 valence electrons. The van der Waals surface area contributed by atoms with Gasteiger partial charge in [0, 0.05) is 43.7 Å². The average Bonchev–Trinajstić information content (AvgIpc) is 3.08. The predicted octanol–water partition coefficient (Wildman–Crippen LogP) is 1.98. The summed E-state index contributed by atoms with van der Waals surface area (Å²) in [5.41, 5.74) is 3.35.